The van der Waals surface area contributed by atoms with E-state index >= 15 is 0 Å². The van der Waals surface area contributed by atoms with E-state index in [1.165, 1.54) is 11.1 Å². The molecule has 0 saturated heterocycles. The van der Waals surface area contributed by atoms with Crippen molar-refractivity contribution in [2.24, 2.45) is 9.98 Å². The number of methoxy groups -OCH3 is 1. The SMILES string of the molecule is COc1cc2c(cc1OCCCCCOc1cc3c(cc1C)C(=O)N1C=C(c4ccc(C)cc4)C[C@H]1C=N3)N=C[C@@H]1CC(c3ccc(C)cc3)=CN1C2=O. The summed E-state index contributed by atoms with van der Waals surface area (Å²) < 4.78 is 18.0. The molecular formula is C45H44N4O5. The molecule has 9 nitrogen and oxygen atoms in total. The Balaban J connectivity index is 0.839. The zero-order valence-electron chi connectivity index (χ0n) is 31.2. The van der Waals surface area contributed by atoms with Crippen molar-refractivity contribution in [3.8, 4) is 17.2 Å². The zero-order valence-corrected chi connectivity index (χ0v) is 31.2. The van der Waals surface area contributed by atoms with Gasteiger partial charge in [-0.3, -0.25) is 19.6 Å². The Hall–Kier alpha value is -5.96. The van der Waals surface area contributed by atoms with Gasteiger partial charge < -0.3 is 24.0 Å². The molecule has 274 valence electrons. The van der Waals surface area contributed by atoms with Gasteiger partial charge in [0.2, 0.25) is 0 Å². The van der Waals surface area contributed by atoms with E-state index in [0.29, 0.717) is 53.6 Å². The number of unbranched alkanes of at least 4 members (excludes halogenated alkanes) is 2. The number of aliphatic imine (C=N–C) groups is 2. The molecule has 0 spiro atoms. The quantitative estimate of drug-likeness (QED) is 0.144. The van der Waals surface area contributed by atoms with Crippen molar-refractivity contribution in [1.29, 1.82) is 0 Å². The van der Waals surface area contributed by atoms with Crippen molar-refractivity contribution in [3.63, 3.8) is 0 Å². The Morgan fingerprint density at radius 2 is 1.09 bits per heavy atom. The second-order valence-electron chi connectivity index (χ2n) is 14.5. The normalized spacial score (nSPS) is 18.3. The van der Waals surface area contributed by atoms with Crippen LogP contribution in [0.1, 0.15) is 80.6 Å². The third-order valence-corrected chi connectivity index (χ3v) is 10.6. The molecule has 0 N–H and O–H groups in total. The number of aryl methyl sites for hydroxylation is 3. The van der Waals surface area contributed by atoms with E-state index in [-0.39, 0.29) is 23.9 Å². The van der Waals surface area contributed by atoms with Gasteiger partial charge in [0.15, 0.2) is 11.5 Å². The van der Waals surface area contributed by atoms with Gasteiger partial charge in [-0.15, -0.1) is 0 Å². The Morgan fingerprint density at radius 1 is 0.611 bits per heavy atom. The highest BCUT2D eigenvalue weighted by molar-refractivity contribution is 6.06. The van der Waals surface area contributed by atoms with Gasteiger partial charge in [-0.1, -0.05) is 59.7 Å². The maximum atomic E-state index is 13.7. The molecule has 0 saturated carbocycles. The van der Waals surface area contributed by atoms with Crippen LogP contribution < -0.4 is 14.2 Å². The number of amides is 2. The number of nitrogens with zero attached hydrogens (tertiary/aromatic N) is 4. The number of carbonyl (C=O) groups is 2. The van der Waals surface area contributed by atoms with Crippen molar-refractivity contribution >= 4 is 46.8 Å². The van der Waals surface area contributed by atoms with Crippen LogP contribution in [0.15, 0.2) is 95.2 Å². The molecule has 4 aromatic carbocycles. The van der Waals surface area contributed by atoms with Gasteiger partial charge in [-0.2, -0.15) is 0 Å². The summed E-state index contributed by atoms with van der Waals surface area (Å²) in [4.78, 5) is 40.4. The van der Waals surface area contributed by atoms with Gasteiger partial charge >= 0.3 is 0 Å². The molecule has 0 aromatic heterocycles. The third-order valence-electron chi connectivity index (χ3n) is 10.6. The van der Waals surface area contributed by atoms with Gasteiger partial charge in [0.1, 0.15) is 5.75 Å². The first-order chi connectivity index (χ1) is 26.2. The fourth-order valence-corrected chi connectivity index (χ4v) is 7.43. The summed E-state index contributed by atoms with van der Waals surface area (Å²) in [6, 6.07) is 23.9. The maximum Gasteiger partial charge on any atom is 0.260 e. The molecule has 4 aliphatic rings. The van der Waals surface area contributed by atoms with Crippen molar-refractivity contribution in [2.75, 3.05) is 20.3 Å². The Kier molecular flexibility index (Phi) is 9.63. The lowest BCUT2D eigenvalue weighted by molar-refractivity contribution is 0.0809. The van der Waals surface area contributed by atoms with E-state index in [1.807, 2.05) is 48.8 Å². The molecular weight excluding hydrogens is 677 g/mol. The molecule has 2 amide bonds. The lowest BCUT2D eigenvalue weighted by Crippen LogP contribution is -2.32. The van der Waals surface area contributed by atoms with Gasteiger partial charge in [0, 0.05) is 49.8 Å². The van der Waals surface area contributed by atoms with E-state index in [0.717, 1.165) is 59.3 Å². The van der Waals surface area contributed by atoms with Crippen LogP contribution in [0.25, 0.3) is 11.1 Å². The minimum absolute atomic E-state index is 0.0428. The summed E-state index contributed by atoms with van der Waals surface area (Å²) in [5.41, 5.74) is 10.1. The monoisotopic (exact) mass is 720 g/mol. The number of ether oxygens (including phenoxy) is 3. The summed E-state index contributed by atoms with van der Waals surface area (Å²) in [5.74, 6) is 1.66. The van der Waals surface area contributed by atoms with Crippen LogP contribution in [0.5, 0.6) is 17.2 Å². The minimum Gasteiger partial charge on any atom is -0.493 e. The largest absolute Gasteiger partial charge is 0.493 e. The van der Waals surface area contributed by atoms with E-state index in [1.54, 1.807) is 24.1 Å². The zero-order chi connectivity index (χ0) is 37.3. The number of rotatable bonds is 11. The smallest absolute Gasteiger partial charge is 0.260 e. The Labute approximate surface area is 316 Å². The van der Waals surface area contributed by atoms with Crippen LogP contribution in [-0.2, 0) is 0 Å². The molecule has 4 heterocycles. The summed E-state index contributed by atoms with van der Waals surface area (Å²) in [6.45, 7) is 7.12. The topological polar surface area (TPSA) is 93.0 Å². The first-order valence-corrected chi connectivity index (χ1v) is 18.7. The molecule has 2 atom stereocenters. The highest BCUT2D eigenvalue weighted by Crippen LogP contribution is 2.40. The molecule has 0 radical (unpaired) electrons. The molecule has 0 fully saturated rings. The van der Waals surface area contributed by atoms with Crippen LogP contribution in [0.2, 0.25) is 0 Å². The number of hydrogen-bond acceptors (Lipinski definition) is 7. The molecule has 4 aromatic rings. The lowest BCUT2D eigenvalue weighted by Gasteiger charge is -2.19. The standard InChI is InChI=1S/C45H44N4O5/c1-28-8-12-31(13-9-28)33-19-35-24-46-39-22-41(30(3)18-37(39)44(50)48(35)26-33)53-16-6-5-7-17-54-43-23-40-38(21-42(43)52-4)45(51)49-27-34(20-36(49)25-47-40)32-14-10-29(2)11-15-32/h8-15,18,21-27,35-36H,5-7,16-17,19-20H2,1-4H3/t35-,36-/m0/s1. The maximum absolute atomic E-state index is 13.7. The van der Waals surface area contributed by atoms with Crippen LogP contribution in [0.4, 0.5) is 11.4 Å². The van der Waals surface area contributed by atoms with Gasteiger partial charge in [0.05, 0.1) is 54.9 Å². The predicted octanol–water partition coefficient (Wildman–Crippen LogP) is 9.19. The molecule has 0 bridgehead atoms. The molecule has 4 aliphatic heterocycles. The number of hydrogen-bond donors (Lipinski definition) is 0. The Morgan fingerprint density at radius 3 is 1.61 bits per heavy atom. The first kappa shape index (κ1) is 35.1. The second-order valence-corrected chi connectivity index (χ2v) is 14.5. The highest BCUT2D eigenvalue weighted by Gasteiger charge is 2.34. The molecule has 0 aliphatic carbocycles. The van der Waals surface area contributed by atoms with E-state index in [4.69, 9.17) is 24.2 Å². The lowest BCUT2D eigenvalue weighted by atomic mass is 10.0. The minimum atomic E-state index is -0.142. The van der Waals surface area contributed by atoms with Crippen LogP contribution in [0, 0.1) is 20.8 Å². The first-order valence-electron chi connectivity index (χ1n) is 18.7. The van der Waals surface area contributed by atoms with Crippen LogP contribution in [0.3, 0.4) is 0 Å². The van der Waals surface area contributed by atoms with Crippen molar-refractivity contribution < 1.29 is 23.8 Å². The van der Waals surface area contributed by atoms with Crippen molar-refractivity contribution in [2.45, 2.75) is 65.0 Å². The van der Waals surface area contributed by atoms with Crippen LogP contribution in [-0.4, -0.2) is 66.5 Å². The molecule has 54 heavy (non-hydrogen) atoms. The van der Waals surface area contributed by atoms with Crippen molar-refractivity contribution in [3.05, 3.63) is 124 Å². The average molecular weight is 721 g/mol. The van der Waals surface area contributed by atoms with Crippen LogP contribution >= 0.6 is 0 Å². The number of carbonyl (C=O) groups excluding carboxylic acids is 2. The predicted molar refractivity (Wildman–Crippen MR) is 213 cm³/mol. The fourth-order valence-electron chi connectivity index (χ4n) is 7.43. The molecule has 0 unspecified atom stereocenters. The summed E-state index contributed by atoms with van der Waals surface area (Å²) in [7, 11) is 1.58. The number of benzene rings is 4. The molecule has 9 heteroatoms. The summed E-state index contributed by atoms with van der Waals surface area (Å²) in [6.07, 6.45) is 11.6. The summed E-state index contributed by atoms with van der Waals surface area (Å²) >= 11 is 0. The van der Waals surface area contributed by atoms with E-state index in [9.17, 15) is 9.59 Å². The summed E-state index contributed by atoms with van der Waals surface area (Å²) in [5, 5.41) is 0. The number of fused-ring (bicyclic) bond motifs is 4. The third kappa shape index (κ3) is 6.94. The average Bonchev–Trinajstić information content (AvgIpc) is 3.76. The van der Waals surface area contributed by atoms with Gasteiger partial charge in [0.25, 0.3) is 11.8 Å². The highest BCUT2D eigenvalue weighted by atomic mass is 16.5. The van der Waals surface area contributed by atoms with Gasteiger partial charge in [-0.25, -0.2) is 0 Å². The van der Waals surface area contributed by atoms with Gasteiger partial charge in [-0.05, 0) is 80.0 Å². The van der Waals surface area contributed by atoms with E-state index in [2.05, 4.69) is 62.4 Å². The molecule has 8 rings (SSSR count). The fraction of sp³-hybridized carbons (Fsp3) is 0.289. The Bertz CT molecular complexity index is 2240. The van der Waals surface area contributed by atoms with Crippen molar-refractivity contribution in [1.82, 2.24) is 9.80 Å². The second kappa shape index (κ2) is 14.8. The van der Waals surface area contributed by atoms with E-state index < -0.39 is 0 Å².